The molecule has 0 radical (unpaired) electrons. The Kier molecular flexibility index (Phi) is 6.11. The standard InChI is InChI=1S/C20H25N3O4/c1-3-16(21-20(25)17-12-14(2)27-22-17)15-8-4-5-9-18(15)26-13-19(24)23-10-6-7-11-23/h4-5,8-9,12,16H,3,6-7,10-11,13H2,1-2H3,(H,21,25). The van der Waals surface area contributed by atoms with Crippen LogP contribution in [0.4, 0.5) is 0 Å². The van der Waals surface area contributed by atoms with Gasteiger partial charge >= 0.3 is 0 Å². The number of carbonyl (C=O) groups excluding carboxylic acids is 2. The number of para-hydroxylation sites is 1. The molecule has 0 aliphatic carbocycles. The molecule has 3 rings (SSSR count). The van der Waals surface area contributed by atoms with Crippen LogP contribution in [-0.2, 0) is 4.79 Å². The Bertz CT molecular complexity index is 796. The molecule has 1 aromatic carbocycles. The molecule has 1 saturated heterocycles. The van der Waals surface area contributed by atoms with Gasteiger partial charge < -0.3 is 19.5 Å². The van der Waals surface area contributed by atoms with E-state index in [2.05, 4.69) is 10.5 Å². The number of nitrogens with zero attached hydrogens (tertiary/aromatic N) is 2. The topological polar surface area (TPSA) is 84.7 Å². The number of likely N-dealkylation sites (tertiary alicyclic amines) is 1. The Balaban J connectivity index is 1.68. The first-order valence-electron chi connectivity index (χ1n) is 9.32. The number of benzene rings is 1. The average molecular weight is 371 g/mol. The van der Waals surface area contributed by atoms with Crippen LogP contribution in [0.5, 0.6) is 5.75 Å². The summed E-state index contributed by atoms with van der Waals surface area (Å²) >= 11 is 0. The molecule has 1 aliphatic heterocycles. The Morgan fingerprint density at radius 3 is 2.70 bits per heavy atom. The van der Waals surface area contributed by atoms with Crippen LogP contribution < -0.4 is 10.1 Å². The summed E-state index contributed by atoms with van der Waals surface area (Å²) in [4.78, 5) is 26.5. The third-order valence-electron chi connectivity index (χ3n) is 4.68. The zero-order chi connectivity index (χ0) is 19.2. The van der Waals surface area contributed by atoms with Crippen molar-refractivity contribution in [3.63, 3.8) is 0 Å². The first kappa shape index (κ1) is 18.9. The highest BCUT2D eigenvalue weighted by atomic mass is 16.5. The first-order valence-corrected chi connectivity index (χ1v) is 9.32. The van der Waals surface area contributed by atoms with Crippen molar-refractivity contribution in [2.45, 2.75) is 39.2 Å². The summed E-state index contributed by atoms with van der Waals surface area (Å²) in [5, 5.41) is 6.71. The fraction of sp³-hybridized carbons (Fsp3) is 0.450. The normalized spacial score (nSPS) is 14.8. The molecule has 2 heterocycles. The lowest BCUT2D eigenvalue weighted by atomic mass is 10.0. The quantitative estimate of drug-likeness (QED) is 0.809. The van der Waals surface area contributed by atoms with E-state index in [1.807, 2.05) is 36.1 Å². The molecule has 144 valence electrons. The van der Waals surface area contributed by atoms with Crippen molar-refractivity contribution in [2.75, 3.05) is 19.7 Å². The van der Waals surface area contributed by atoms with Crippen LogP contribution in [0.25, 0.3) is 0 Å². The highest BCUT2D eigenvalue weighted by Crippen LogP contribution is 2.27. The maximum atomic E-state index is 12.4. The minimum atomic E-state index is -0.304. The number of carbonyl (C=O) groups is 2. The molecule has 7 heteroatoms. The van der Waals surface area contributed by atoms with Crippen LogP contribution in [-0.4, -0.2) is 41.6 Å². The fourth-order valence-electron chi connectivity index (χ4n) is 3.20. The van der Waals surface area contributed by atoms with Crippen molar-refractivity contribution in [1.82, 2.24) is 15.4 Å². The van der Waals surface area contributed by atoms with Gasteiger partial charge in [-0.3, -0.25) is 9.59 Å². The van der Waals surface area contributed by atoms with Crippen LogP contribution in [0, 0.1) is 6.92 Å². The Morgan fingerprint density at radius 1 is 1.30 bits per heavy atom. The molecule has 2 amide bonds. The fourth-order valence-corrected chi connectivity index (χ4v) is 3.20. The van der Waals surface area contributed by atoms with Gasteiger partial charge in [0.25, 0.3) is 11.8 Å². The van der Waals surface area contributed by atoms with E-state index in [1.165, 1.54) is 0 Å². The third kappa shape index (κ3) is 4.67. The predicted octanol–water partition coefficient (Wildman–Crippen LogP) is 2.87. The lowest BCUT2D eigenvalue weighted by Crippen LogP contribution is -2.32. The molecule has 1 aliphatic rings. The number of ether oxygens (including phenoxy) is 1. The molecule has 27 heavy (non-hydrogen) atoms. The van der Waals surface area contributed by atoms with Gasteiger partial charge in [0, 0.05) is 24.7 Å². The molecule has 0 saturated carbocycles. The van der Waals surface area contributed by atoms with Gasteiger partial charge in [-0.15, -0.1) is 0 Å². The van der Waals surface area contributed by atoms with Crippen molar-refractivity contribution in [3.05, 3.63) is 47.3 Å². The minimum Gasteiger partial charge on any atom is -0.483 e. The van der Waals surface area contributed by atoms with E-state index in [1.54, 1.807) is 13.0 Å². The van der Waals surface area contributed by atoms with E-state index in [0.717, 1.165) is 31.5 Å². The number of aryl methyl sites for hydroxylation is 1. The second kappa shape index (κ2) is 8.70. The molecule has 1 aromatic heterocycles. The lowest BCUT2D eigenvalue weighted by molar-refractivity contribution is -0.132. The van der Waals surface area contributed by atoms with Crippen LogP contribution in [0.1, 0.15) is 54.0 Å². The van der Waals surface area contributed by atoms with E-state index >= 15 is 0 Å². The SMILES string of the molecule is CCC(NC(=O)c1cc(C)on1)c1ccccc1OCC(=O)N1CCCC1. The summed E-state index contributed by atoms with van der Waals surface area (Å²) in [5.41, 5.74) is 1.08. The summed E-state index contributed by atoms with van der Waals surface area (Å²) < 4.78 is 10.8. The van der Waals surface area contributed by atoms with Crippen molar-refractivity contribution in [2.24, 2.45) is 0 Å². The molecule has 0 bridgehead atoms. The summed E-state index contributed by atoms with van der Waals surface area (Å²) in [6.45, 7) is 5.32. The molecular weight excluding hydrogens is 346 g/mol. The van der Waals surface area contributed by atoms with Gasteiger partial charge in [0.15, 0.2) is 12.3 Å². The largest absolute Gasteiger partial charge is 0.483 e. The molecular formula is C20H25N3O4. The zero-order valence-electron chi connectivity index (χ0n) is 15.7. The molecule has 1 unspecified atom stereocenters. The molecule has 7 nitrogen and oxygen atoms in total. The van der Waals surface area contributed by atoms with E-state index in [4.69, 9.17) is 9.26 Å². The van der Waals surface area contributed by atoms with E-state index in [0.29, 0.717) is 17.9 Å². The van der Waals surface area contributed by atoms with Gasteiger partial charge in [0.2, 0.25) is 0 Å². The number of amides is 2. The third-order valence-corrected chi connectivity index (χ3v) is 4.68. The second-order valence-electron chi connectivity index (χ2n) is 6.67. The van der Waals surface area contributed by atoms with Crippen molar-refractivity contribution in [1.29, 1.82) is 0 Å². The molecule has 0 spiro atoms. The van der Waals surface area contributed by atoms with Crippen molar-refractivity contribution < 1.29 is 18.8 Å². The van der Waals surface area contributed by atoms with Crippen LogP contribution >= 0.6 is 0 Å². The summed E-state index contributed by atoms with van der Waals surface area (Å²) in [5.74, 6) is 0.880. The van der Waals surface area contributed by atoms with E-state index < -0.39 is 0 Å². The number of hydrogen-bond acceptors (Lipinski definition) is 5. The predicted molar refractivity (Wildman–Crippen MR) is 99.5 cm³/mol. The van der Waals surface area contributed by atoms with Crippen LogP contribution in [0.2, 0.25) is 0 Å². The number of hydrogen-bond donors (Lipinski definition) is 1. The highest BCUT2D eigenvalue weighted by molar-refractivity contribution is 5.92. The van der Waals surface area contributed by atoms with Gasteiger partial charge in [-0.1, -0.05) is 30.3 Å². The maximum absolute atomic E-state index is 12.4. The smallest absolute Gasteiger partial charge is 0.273 e. The van der Waals surface area contributed by atoms with Gasteiger partial charge in [-0.25, -0.2) is 0 Å². The molecule has 1 N–H and O–H groups in total. The Morgan fingerprint density at radius 2 is 2.04 bits per heavy atom. The summed E-state index contributed by atoms with van der Waals surface area (Å²) in [7, 11) is 0. The molecule has 1 atom stereocenters. The van der Waals surface area contributed by atoms with Crippen LogP contribution in [0.3, 0.4) is 0 Å². The summed E-state index contributed by atoms with van der Waals surface area (Å²) in [6, 6.07) is 8.81. The Hall–Kier alpha value is -2.83. The number of nitrogens with one attached hydrogen (secondary N) is 1. The Labute approximate surface area is 158 Å². The minimum absolute atomic E-state index is 0.00235. The monoisotopic (exact) mass is 371 g/mol. The molecule has 1 fully saturated rings. The van der Waals surface area contributed by atoms with Gasteiger partial charge in [-0.2, -0.15) is 0 Å². The zero-order valence-corrected chi connectivity index (χ0v) is 15.7. The van der Waals surface area contributed by atoms with Crippen molar-refractivity contribution >= 4 is 11.8 Å². The van der Waals surface area contributed by atoms with E-state index in [9.17, 15) is 9.59 Å². The summed E-state index contributed by atoms with van der Waals surface area (Å²) in [6.07, 6.45) is 2.77. The van der Waals surface area contributed by atoms with Gasteiger partial charge in [0.05, 0.1) is 6.04 Å². The highest BCUT2D eigenvalue weighted by Gasteiger charge is 2.22. The molecule has 2 aromatic rings. The van der Waals surface area contributed by atoms with Crippen molar-refractivity contribution in [3.8, 4) is 5.75 Å². The van der Waals surface area contributed by atoms with E-state index in [-0.39, 0.29) is 30.2 Å². The van der Waals surface area contributed by atoms with Gasteiger partial charge in [-0.05, 0) is 32.3 Å². The number of rotatable bonds is 7. The second-order valence-corrected chi connectivity index (χ2v) is 6.67. The van der Waals surface area contributed by atoms with Gasteiger partial charge in [0.1, 0.15) is 11.5 Å². The average Bonchev–Trinajstić information content (AvgIpc) is 3.36. The lowest BCUT2D eigenvalue weighted by Gasteiger charge is -2.21. The van der Waals surface area contributed by atoms with Crippen LogP contribution in [0.15, 0.2) is 34.9 Å². The number of aromatic nitrogens is 1. The first-order chi connectivity index (χ1) is 13.1. The maximum Gasteiger partial charge on any atom is 0.273 e.